The van der Waals surface area contributed by atoms with Gasteiger partial charge in [0.1, 0.15) is 5.60 Å². The van der Waals surface area contributed by atoms with Crippen molar-refractivity contribution >= 4 is 6.09 Å². The molecule has 0 bridgehead atoms. The average molecular weight is 247 g/mol. The molecule has 2 N–H and O–H groups in total. The summed E-state index contributed by atoms with van der Waals surface area (Å²) in [5.74, 6) is -0.0444. The first-order valence-corrected chi connectivity index (χ1v) is 5.85. The number of likely N-dealkylation sites (N-methyl/N-ethyl adjacent to an activating group) is 1. The molecule has 2 unspecified atom stereocenters. The standard InChI is InChI=1S/C12H25NO4/c1-8(2)10(15)9(7-14)13(6)11(16)17-12(3,4)5/h8-10,14-15H,7H2,1-6H3. The molecule has 5 heteroatoms. The predicted molar refractivity (Wildman–Crippen MR) is 65.7 cm³/mol. The molecule has 0 aliphatic rings. The van der Waals surface area contributed by atoms with Crippen LogP contribution in [0.5, 0.6) is 0 Å². The molecule has 0 aromatic rings. The minimum absolute atomic E-state index is 0.0444. The van der Waals surface area contributed by atoms with E-state index in [9.17, 15) is 15.0 Å². The molecule has 0 spiro atoms. The second kappa shape index (κ2) is 6.21. The lowest BCUT2D eigenvalue weighted by molar-refractivity contribution is -0.0221. The Balaban J connectivity index is 4.64. The van der Waals surface area contributed by atoms with E-state index in [1.807, 2.05) is 13.8 Å². The van der Waals surface area contributed by atoms with E-state index in [1.54, 1.807) is 20.8 Å². The van der Waals surface area contributed by atoms with Gasteiger partial charge in [0.15, 0.2) is 0 Å². The van der Waals surface area contributed by atoms with Crippen molar-refractivity contribution in [2.24, 2.45) is 5.92 Å². The van der Waals surface area contributed by atoms with Gasteiger partial charge in [-0.3, -0.25) is 0 Å². The van der Waals surface area contributed by atoms with Crippen LogP contribution in [-0.2, 0) is 4.74 Å². The van der Waals surface area contributed by atoms with Crippen molar-refractivity contribution in [2.75, 3.05) is 13.7 Å². The first-order chi connectivity index (χ1) is 7.60. The van der Waals surface area contributed by atoms with E-state index < -0.39 is 23.8 Å². The Kier molecular flexibility index (Phi) is 5.92. The molecule has 1 amide bonds. The zero-order valence-electron chi connectivity index (χ0n) is 11.6. The molecule has 5 nitrogen and oxygen atoms in total. The fourth-order valence-corrected chi connectivity index (χ4v) is 1.37. The molecular formula is C12H25NO4. The van der Waals surface area contributed by atoms with Gasteiger partial charge in [0.2, 0.25) is 0 Å². The molecule has 17 heavy (non-hydrogen) atoms. The van der Waals surface area contributed by atoms with E-state index in [0.717, 1.165) is 0 Å². The van der Waals surface area contributed by atoms with Crippen LogP contribution in [-0.4, -0.2) is 52.6 Å². The van der Waals surface area contributed by atoms with Gasteiger partial charge in [-0.25, -0.2) is 4.79 Å². The molecule has 0 aromatic carbocycles. The van der Waals surface area contributed by atoms with Crippen LogP contribution >= 0.6 is 0 Å². The fourth-order valence-electron chi connectivity index (χ4n) is 1.37. The molecule has 2 atom stereocenters. The molecule has 102 valence electrons. The minimum atomic E-state index is -0.780. The van der Waals surface area contributed by atoms with Crippen LogP contribution < -0.4 is 0 Å². The Morgan fingerprint density at radius 2 is 1.82 bits per heavy atom. The van der Waals surface area contributed by atoms with Crippen molar-refractivity contribution in [2.45, 2.75) is 52.4 Å². The molecule has 0 aliphatic heterocycles. The van der Waals surface area contributed by atoms with Crippen molar-refractivity contribution in [3.8, 4) is 0 Å². The Bertz CT molecular complexity index is 247. The van der Waals surface area contributed by atoms with Crippen LogP contribution in [0.4, 0.5) is 4.79 Å². The number of aliphatic hydroxyl groups is 2. The largest absolute Gasteiger partial charge is 0.444 e. The normalized spacial score (nSPS) is 15.6. The molecule has 0 saturated heterocycles. The third-order valence-electron chi connectivity index (χ3n) is 2.44. The van der Waals surface area contributed by atoms with E-state index in [2.05, 4.69) is 0 Å². The quantitative estimate of drug-likeness (QED) is 0.784. The van der Waals surface area contributed by atoms with Crippen LogP contribution in [0.2, 0.25) is 0 Å². The van der Waals surface area contributed by atoms with Crippen LogP contribution in [0.15, 0.2) is 0 Å². The topological polar surface area (TPSA) is 70.0 Å². The molecule has 0 radical (unpaired) electrons. The summed E-state index contributed by atoms with van der Waals surface area (Å²) >= 11 is 0. The molecule has 0 fully saturated rings. The Morgan fingerprint density at radius 3 is 2.12 bits per heavy atom. The first kappa shape index (κ1) is 16.2. The lowest BCUT2D eigenvalue weighted by Gasteiger charge is -2.33. The van der Waals surface area contributed by atoms with Gasteiger partial charge in [0, 0.05) is 7.05 Å². The van der Waals surface area contributed by atoms with Gasteiger partial charge in [-0.05, 0) is 26.7 Å². The molecule has 0 aliphatic carbocycles. The van der Waals surface area contributed by atoms with E-state index in [1.165, 1.54) is 11.9 Å². The molecular weight excluding hydrogens is 222 g/mol. The Hall–Kier alpha value is -0.810. The van der Waals surface area contributed by atoms with Crippen molar-refractivity contribution in [3.63, 3.8) is 0 Å². The van der Waals surface area contributed by atoms with Gasteiger partial charge < -0.3 is 19.8 Å². The molecule has 0 heterocycles. The minimum Gasteiger partial charge on any atom is -0.444 e. The highest BCUT2D eigenvalue weighted by atomic mass is 16.6. The highest BCUT2D eigenvalue weighted by Gasteiger charge is 2.31. The predicted octanol–water partition coefficient (Wildman–Crippen LogP) is 1.23. The smallest absolute Gasteiger partial charge is 0.410 e. The summed E-state index contributed by atoms with van der Waals surface area (Å²) in [6.07, 6.45) is -1.33. The van der Waals surface area contributed by atoms with Crippen LogP contribution in [0.25, 0.3) is 0 Å². The van der Waals surface area contributed by atoms with Crippen LogP contribution in [0.3, 0.4) is 0 Å². The van der Waals surface area contributed by atoms with E-state index in [0.29, 0.717) is 0 Å². The first-order valence-electron chi connectivity index (χ1n) is 5.85. The maximum Gasteiger partial charge on any atom is 0.410 e. The SMILES string of the molecule is CC(C)C(O)C(CO)N(C)C(=O)OC(C)(C)C. The maximum absolute atomic E-state index is 11.8. The number of hydrogen-bond donors (Lipinski definition) is 2. The van der Waals surface area contributed by atoms with E-state index in [-0.39, 0.29) is 12.5 Å². The zero-order valence-corrected chi connectivity index (χ0v) is 11.6. The van der Waals surface area contributed by atoms with Crippen molar-refractivity contribution in [1.82, 2.24) is 4.90 Å². The zero-order chi connectivity index (χ0) is 13.8. The van der Waals surface area contributed by atoms with Crippen molar-refractivity contribution < 1.29 is 19.7 Å². The summed E-state index contributed by atoms with van der Waals surface area (Å²) in [4.78, 5) is 13.0. The summed E-state index contributed by atoms with van der Waals surface area (Å²) < 4.78 is 5.18. The number of carbonyl (C=O) groups is 1. The number of ether oxygens (including phenoxy) is 1. The fraction of sp³-hybridized carbons (Fsp3) is 0.917. The van der Waals surface area contributed by atoms with Gasteiger partial charge in [-0.15, -0.1) is 0 Å². The average Bonchev–Trinajstić information content (AvgIpc) is 2.15. The highest BCUT2D eigenvalue weighted by molar-refractivity contribution is 5.68. The van der Waals surface area contributed by atoms with Crippen molar-refractivity contribution in [3.05, 3.63) is 0 Å². The summed E-state index contributed by atoms with van der Waals surface area (Å²) in [7, 11) is 1.51. The van der Waals surface area contributed by atoms with E-state index >= 15 is 0 Å². The monoisotopic (exact) mass is 247 g/mol. The number of aliphatic hydroxyl groups excluding tert-OH is 2. The van der Waals surface area contributed by atoms with Gasteiger partial charge in [0.05, 0.1) is 18.8 Å². The number of hydrogen-bond acceptors (Lipinski definition) is 4. The third-order valence-corrected chi connectivity index (χ3v) is 2.44. The number of amides is 1. The third kappa shape index (κ3) is 5.37. The maximum atomic E-state index is 11.8. The van der Waals surface area contributed by atoms with Gasteiger partial charge in [-0.1, -0.05) is 13.8 Å². The van der Waals surface area contributed by atoms with Gasteiger partial charge >= 0.3 is 6.09 Å². The lowest BCUT2D eigenvalue weighted by Crippen LogP contribution is -2.50. The number of rotatable bonds is 4. The lowest BCUT2D eigenvalue weighted by atomic mass is 9.99. The van der Waals surface area contributed by atoms with Gasteiger partial charge in [-0.2, -0.15) is 0 Å². The second-order valence-corrected chi connectivity index (χ2v) is 5.58. The van der Waals surface area contributed by atoms with Crippen LogP contribution in [0, 0.1) is 5.92 Å². The molecule has 0 saturated carbocycles. The highest BCUT2D eigenvalue weighted by Crippen LogP contribution is 2.15. The molecule has 0 rings (SSSR count). The molecule has 0 aromatic heterocycles. The summed E-state index contributed by atoms with van der Waals surface area (Å²) in [6, 6.07) is -0.648. The summed E-state index contributed by atoms with van der Waals surface area (Å²) in [6.45, 7) is 8.67. The second-order valence-electron chi connectivity index (χ2n) is 5.58. The summed E-state index contributed by atoms with van der Waals surface area (Å²) in [5, 5.41) is 19.1. The van der Waals surface area contributed by atoms with Gasteiger partial charge in [0.25, 0.3) is 0 Å². The number of nitrogens with zero attached hydrogens (tertiary/aromatic N) is 1. The summed E-state index contributed by atoms with van der Waals surface area (Å²) in [5.41, 5.74) is -0.589. The Morgan fingerprint density at radius 1 is 1.35 bits per heavy atom. The van der Waals surface area contributed by atoms with Crippen LogP contribution in [0.1, 0.15) is 34.6 Å². The van der Waals surface area contributed by atoms with Crippen molar-refractivity contribution in [1.29, 1.82) is 0 Å². The Labute approximate surface area is 103 Å². The number of carbonyl (C=O) groups excluding carboxylic acids is 1. The van der Waals surface area contributed by atoms with E-state index in [4.69, 9.17) is 4.74 Å².